The molecule has 0 amide bonds. The van der Waals surface area contributed by atoms with Crippen LogP contribution in [0.5, 0.6) is 0 Å². The molecule has 3 rings (SSSR count). The summed E-state index contributed by atoms with van der Waals surface area (Å²) in [6.45, 7) is 1.74. The van der Waals surface area contributed by atoms with Gasteiger partial charge in [-0.1, -0.05) is 30.3 Å². The van der Waals surface area contributed by atoms with Gasteiger partial charge < -0.3 is 4.74 Å². The van der Waals surface area contributed by atoms with Gasteiger partial charge in [0.1, 0.15) is 0 Å². The Morgan fingerprint density at radius 1 is 1.20 bits per heavy atom. The second-order valence-electron chi connectivity index (χ2n) is 6.23. The number of benzene rings is 2. The van der Waals surface area contributed by atoms with Crippen molar-refractivity contribution in [2.45, 2.75) is 37.1 Å². The molecule has 0 unspecified atom stereocenters. The van der Waals surface area contributed by atoms with Crippen molar-refractivity contribution in [3.8, 4) is 0 Å². The second kappa shape index (κ2) is 6.98. The van der Waals surface area contributed by atoms with Crippen molar-refractivity contribution in [1.82, 2.24) is 4.72 Å². The molecule has 0 bridgehead atoms. The van der Waals surface area contributed by atoms with Crippen LogP contribution < -0.4 is 4.72 Å². The highest BCUT2D eigenvalue weighted by Crippen LogP contribution is 2.31. The average Bonchev–Trinajstić information content (AvgIpc) is 2.61. The summed E-state index contributed by atoms with van der Waals surface area (Å²) in [7, 11) is -2.46. The third-order valence-corrected chi connectivity index (χ3v) is 6.06. The van der Waals surface area contributed by atoms with Gasteiger partial charge >= 0.3 is 5.97 Å². The Bertz CT molecular complexity index is 905. The fourth-order valence-electron chi connectivity index (χ4n) is 3.23. The zero-order chi connectivity index (χ0) is 18.0. The monoisotopic (exact) mass is 359 g/mol. The molecule has 2 aromatic carbocycles. The third-order valence-electron chi connectivity index (χ3n) is 4.59. The summed E-state index contributed by atoms with van der Waals surface area (Å²) in [5.41, 5.74) is 3.14. The van der Waals surface area contributed by atoms with Crippen LogP contribution in [0.3, 0.4) is 0 Å². The molecule has 0 saturated heterocycles. The van der Waals surface area contributed by atoms with Crippen molar-refractivity contribution in [2.75, 3.05) is 7.11 Å². The molecule has 0 aromatic heterocycles. The average molecular weight is 359 g/mol. The van der Waals surface area contributed by atoms with Crippen LogP contribution in [0.1, 0.15) is 45.9 Å². The molecule has 132 valence electrons. The van der Waals surface area contributed by atoms with E-state index in [9.17, 15) is 13.2 Å². The SMILES string of the molecule is COC(=O)c1cc(S(=O)(=O)N[C@H]2CCCc3ccccc32)ccc1C. The van der Waals surface area contributed by atoms with Crippen LogP contribution in [-0.4, -0.2) is 21.5 Å². The van der Waals surface area contributed by atoms with Crippen molar-refractivity contribution < 1.29 is 17.9 Å². The Morgan fingerprint density at radius 3 is 2.72 bits per heavy atom. The zero-order valence-electron chi connectivity index (χ0n) is 14.3. The van der Waals surface area contributed by atoms with Gasteiger partial charge in [-0.3, -0.25) is 0 Å². The number of sulfonamides is 1. The van der Waals surface area contributed by atoms with Crippen molar-refractivity contribution >= 4 is 16.0 Å². The molecule has 0 heterocycles. The van der Waals surface area contributed by atoms with E-state index in [1.165, 1.54) is 24.8 Å². The number of hydrogen-bond acceptors (Lipinski definition) is 4. The number of nitrogens with one attached hydrogen (secondary N) is 1. The Kier molecular flexibility index (Phi) is 4.92. The molecule has 1 aliphatic rings. The van der Waals surface area contributed by atoms with Crippen LogP contribution in [0.15, 0.2) is 47.4 Å². The fraction of sp³-hybridized carbons (Fsp3) is 0.316. The number of fused-ring (bicyclic) bond motifs is 1. The molecular weight excluding hydrogens is 338 g/mol. The highest BCUT2D eigenvalue weighted by Gasteiger charge is 2.26. The smallest absolute Gasteiger partial charge is 0.338 e. The lowest BCUT2D eigenvalue weighted by atomic mass is 9.88. The van der Waals surface area contributed by atoms with Gasteiger partial charge in [-0.25, -0.2) is 17.9 Å². The van der Waals surface area contributed by atoms with E-state index in [1.807, 2.05) is 24.3 Å². The van der Waals surface area contributed by atoms with E-state index in [2.05, 4.69) is 4.72 Å². The molecule has 0 aliphatic heterocycles. The van der Waals surface area contributed by atoms with Gasteiger partial charge in [0.15, 0.2) is 0 Å². The molecule has 0 spiro atoms. The third kappa shape index (κ3) is 3.60. The predicted molar refractivity (Wildman–Crippen MR) is 95.0 cm³/mol. The first-order valence-electron chi connectivity index (χ1n) is 8.21. The van der Waals surface area contributed by atoms with Crippen LogP contribution in [0.25, 0.3) is 0 Å². The van der Waals surface area contributed by atoms with E-state index in [0.29, 0.717) is 5.56 Å². The maximum Gasteiger partial charge on any atom is 0.338 e. The fourth-order valence-corrected chi connectivity index (χ4v) is 4.51. The predicted octanol–water partition coefficient (Wildman–Crippen LogP) is 3.14. The number of rotatable bonds is 4. The quantitative estimate of drug-likeness (QED) is 0.851. The van der Waals surface area contributed by atoms with E-state index in [4.69, 9.17) is 4.74 Å². The van der Waals surface area contributed by atoms with Gasteiger partial charge in [-0.05, 0) is 55.0 Å². The van der Waals surface area contributed by atoms with Gasteiger partial charge in [0.05, 0.1) is 17.6 Å². The number of ether oxygens (including phenoxy) is 1. The Hall–Kier alpha value is -2.18. The second-order valence-corrected chi connectivity index (χ2v) is 7.95. The van der Waals surface area contributed by atoms with Crippen molar-refractivity contribution in [3.05, 3.63) is 64.7 Å². The highest BCUT2D eigenvalue weighted by molar-refractivity contribution is 7.89. The van der Waals surface area contributed by atoms with E-state index in [1.54, 1.807) is 13.0 Å². The topological polar surface area (TPSA) is 72.5 Å². The normalized spacial score (nSPS) is 17.0. The summed E-state index contributed by atoms with van der Waals surface area (Å²) in [5.74, 6) is -0.544. The molecule has 1 atom stereocenters. The molecule has 1 N–H and O–H groups in total. The molecule has 0 saturated carbocycles. The molecule has 1 aliphatic carbocycles. The van der Waals surface area contributed by atoms with Crippen LogP contribution in [0.2, 0.25) is 0 Å². The van der Waals surface area contributed by atoms with Crippen molar-refractivity contribution in [1.29, 1.82) is 0 Å². The van der Waals surface area contributed by atoms with Gasteiger partial charge in [0.25, 0.3) is 0 Å². The van der Waals surface area contributed by atoms with Crippen molar-refractivity contribution in [3.63, 3.8) is 0 Å². The Labute approximate surface area is 148 Å². The molecule has 0 radical (unpaired) electrons. The Morgan fingerprint density at radius 2 is 1.96 bits per heavy atom. The van der Waals surface area contributed by atoms with E-state index in [0.717, 1.165) is 24.8 Å². The van der Waals surface area contributed by atoms with Gasteiger partial charge in [0, 0.05) is 6.04 Å². The minimum absolute atomic E-state index is 0.0709. The van der Waals surface area contributed by atoms with E-state index in [-0.39, 0.29) is 16.5 Å². The number of carbonyl (C=O) groups excluding carboxylic acids is 1. The van der Waals surface area contributed by atoms with E-state index >= 15 is 0 Å². The van der Waals surface area contributed by atoms with Crippen LogP contribution in [0, 0.1) is 6.92 Å². The van der Waals surface area contributed by atoms with Crippen molar-refractivity contribution in [2.24, 2.45) is 0 Å². The molecule has 0 fully saturated rings. The minimum atomic E-state index is -3.74. The minimum Gasteiger partial charge on any atom is -0.465 e. The summed E-state index contributed by atoms with van der Waals surface area (Å²) in [6.07, 6.45) is 2.66. The largest absolute Gasteiger partial charge is 0.465 e. The maximum atomic E-state index is 12.8. The molecule has 25 heavy (non-hydrogen) atoms. The van der Waals surface area contributed by atoms with Crippen LogP contribution in [0.4, 0.5) is 0 Å². The Balaban J connectivity index is 1.92. The van der Waals surface area contributed by atoms with E-state index < -0.39 is 16.0 Å². The summed E-state index contributed by atoms with van der Waals surface area (Å²) in [5, 5.41) is 0. The number of carbonyl (C=O) groups is 1. The first-order valence-corrected chi connectivity index (χ1v) is 9.70. The molecule has 6 heteroatoms. The van der Waals surface area contributed by atoms with Gasteiger partial charge in [-0.2, -0.15) is 0 Å². The maximum absolute atomic E-state index is 12.8. The van der Waals surface area contributed by atoms with Crippen LogP contribution in [-0.2, 0) is 21.2 Å². The number of aryl methyl sites for hydroxylation is 2. The standard InChI is InChI=1S/C19H21NO4S/c1-13-10-11-15(12-17(13)19(21)24-2)25(22,23)20-18-9-5-7-14-6-3-4-8-16(14)18/h3-4,6,8,10-12,18,20H,5,7,9H2,1-2H3/t18-/m0/s1. The lowest BCUT2D eigenvalue weighted by Gasteiger charge is -2.26. The zero-order valence-corrected chi connectivity index (χ0v) is 15.1. The summed E-state index contributed by atoms with van der Waals surface area (Å²) < 4.78 is 33.2. The summed E-state index contributed by atoms with van der Waals surface area (Å²) in [6, 6.07) is 12.2. The van der Waals surface area contributed by atoms with Gasteiger partial charge in [-0.15, -0.1) is 0 Å². The highest BCUT2D eigenvalue weighted by atomic mass is 32.2. The first-order chi connectivity index (χ1) is 11.9. The lowest BCUT2D eigenvalue weighted by Crippen LogP contribution is -2.31. The van der Waals surface area contributed by atoms with Gasteiger partial charge in [0.2, 0.25) is 10.0 Å². The molecule has 2 aromatic rings. The molecular formula is C19H21NO4S. The lowest BCUT2D eigenvalue weighted by molar-refractivity contribution is 0.0599. The summed E-state index contributed by atoms with van der Waals surface area (Å²) in [4.78, 5) is 11.9. The number of esters is 1. The summed E-state index contributed by atoms with van der Waals surface area (Å²) >= 11 is 0. The first kappa shape index (κ1) is 17.6. The van der Waals surface area contributed by atoms with Crippen LogP contribution >= 0.6 is 0 Å². The number of methoxy groups -OCH3 is 1. The number of hydrogen-bond donors (Lipinski definition) is 1. The molecule has 5 nitrogen and oxygen atoms in total.